The van der Waals surface area contributed by atoms with E-state index in [4.69, 9.17) is 9.84 Å². The van der Waals surface area contributed by atoms with Crippen molar-refractivity contribution in [2.75, 3.05) is 11.3 Å². The number of nitrogens with one attached hydrogen (secondary N) is 1. The number of hydrogen-bond donors (Lipinski definition) is 2. The summed E-state index contributed by atoms with van der Waals surface area (Å²) in [5, 5.41) is 12.0. The molecule has 0 aliphatic rings. The van der Waals surface area contributed by atoms with Crippen LogP contribution in [0.15, 0.2) is 46.0 Å². The first-order valence-corrected chi connectivity index (χ1v) is 8.40. The fourth-order valence-corrected chi connectivity index (χ4v) is 3.22. The molecule has 1 aromatic carbocycles. The minimum atomic E-state index is -3.63. The van der Waals surface area contributed by atoms with Crippen LogP contribution in [0.4, 0.5) is 5.69 Å². The molecule has 2 rings (SSSR count). The molecule has 0 saturated carbocycles. The van der Waals surface area contributed by atoms with Gasteiger partial charge < -0.3 is 9.84 Å². The summed E-state index contributed by atoms with van der Waals surface area (Å²) in [5.41, 5.74) is 0.516. The monoisotopic (exact) mass is 327 g/mol. The number of benzene rings is 1. The van der Waals surface area contributed by atoms with E-state index in [0.717, 1.165) is 0 Å². The number of carboxylic acids is 1. The van der Waals surface area contributed by atoms with Crippen molar-refractivity contribution in [1.82, 2.24) is 0 Å². The molecule has 21 heavy (non-hydrogen) atoms. The van der Waals surface area contributed by atoms with Crippen molar-refractivity contribution < 1.29 is 23.1 Å². The van der Waals surface area contributed by atoms with Crippen LogP contribution in [0.3, 0.4) is 0 Å². The van der Waals surface area contributed by atoms with Crippen molar-refractivity contribution in [3.8, 4) is 5.75 Å². The van der Waals surface area contributed by atoms with E-state index >= 15 is 0 Å². The third-order valence-corrected chi connectivity index (χ3v) is 4.57. The summed E-state index contributed by atoms with van der Waals surface area (Å²) in [5.74, 6) is -0.528. The number of carbonyl (C=O) groups is 1. The van der Waals surface area contributed by atoms with Crippen LogP contribution in [0.5, 0.6) is 5.75 Å². The highest BCUT2D eigenvalue weighted by Gasteiger charge is 2.14. The maximum Gasteiger partial charge on any atom is 0.306 e. The van der Waals surface area contributed by atoms with Crippen molar-refractivity contribution in [1.29, 1.82) is 0 Å². The standard InChI is InChI=1S/C13H13NO5S2/c15-13(16)5-7-19-11-1-3-12(4-2-11)21(17,18)14-10-6-8-20-9-10/h1-4,6,8-9,14H,5,7H2,(H,15,16). The number of aliphatic carboxylic acids is 1. The van der Waals surface area contributed by atoms with Crippen molar-refractivity contribution in [3.63, 3.8) is 0 Å². The summed E-state index contributed by atoms with van der Waals surface area (Å²) in [7, 11) is -3.63. The second-order valence-electron chi connectivity index (χ2n) is 4.08. The van der Waals surface area contributed by atoms with Gasteiger partial charge in [-0.2, -0.15) is 11.3 Å². The first kappa shape index (κ1) is 15.3. The van der Waals surface area contributed by atoms with Gasteiger partial charge in [-0.05, 0) is 35.7 Å². The molecule has 0 aliphatic carbocycles. The van der Waals surface area contributed by atoms with Crippen molar-refractivity contribution in [2.24, 2.45) is 0 Å². The van der Waals surface area contributed by atoms with Gasteiger partial charge in [0.25, 0.3) is 10.0 Å². The fourth-order valence-electron chi connectivity index (χ4n) is 1.51. The summed E-state index contributed by atoms with van der Waals surface area (Å²) in [4.78, 5) is 10.5. The number of thiophene rings is 1. The molecule has 1 heterocycles. The SMILES string of the molecule is O=C(O)CCOc1ccc(S(=O)(=O)Nc2ccsc2)cc1. The van der Waals surface area contributed by atoms with Gasteiger partial charge in [0, 0.05) is 5.38 Å². The normalized spacial score (nSPS) is 11.0. The van der Waals surface area contributed by atoms with Crippen molar-refractivity contribution >= 4 is 33.0 Å². The number of hydrogen-bond acceptors (Lipinski definition) is 5. The Hall–Kier alpha value is -2.06. The van der Waals surface area contributed by atoms with E-state index in [9.17, 15) is 13.2 Å². The van der Waals surface area contributed by atoms with E-state index in [1.54, 1.807) is 16.8 Å². The zero-order valence-electron chi connectivity index (χ0n) is 10.9. The molecule has 0 unspecified atom stereocenters. The number of sulfonamides is 1. The quantitative estimate of drug-likeness (QED) is 0.814. The Morgan fingerprint density at radius 3 is 2.52 bits per heavy atom. The van der Waals surface area contributed by atoms with Crippen LogP contribution in [0.1, 0.15) is 6.42 Å². The molecule has 112 valence electrons. The molecule has 0 bridgehead atoms. The lowest BCUT2D eigenvalue weighted by Crippen LogP contribution is -2.12. The molecule has 0 fully saturated rings. The first-order chi connectivity index (χ1) is 9.97. The van der Waals surface area contributed by atoms with Crippen LogP contribution >= 0.6 is 11.3 Å². The Kier molecular flexibility index (Phi) is 4.81. The van der Waals surface area contributed by atoms with Gasteiger partial charge in [0.15, 0.2) is 0 Å². The van der Waals surface area contributed by atoms with Gasteiger partial charge in [0.05, 0.1) is 23.6 Å². The van der Waals surface area contributed by atoms with Gasteiger partial charge in [-0.15, -0.1) is 0 Å². The molecule has 8 heteroatoms. The summed E-state index contributed by atoms with van der Waals surface area (Å²) >= 11 is 1.39. The summed E-state index contributed by atoms with van der Waals surface area (Å²) < 4.78 is 31.8. The molecule has 0 amide bonds. The van der Waals surface area contributed by atoms with Crippen LogP contribution in [-0.4, -0.2) is 26.1 Å². The maximum atomic E-state index is 12.1. The van der Waals surface area contributed by atoms with Gasteiger partial charge in [-0.3, -0.25) is 9.52 Å². The number of rotatable bonds is 7. The zero-order chi connectivity index (χ0) is 15.3. The second kappa shape index (κ2) is 6.59. The van der Waals surface area contributed by atoms with Crippen LogP contribution in [0.25, 0.3) is 0 Å². The molecule has 0 saturated heterocycles. The molecule has 0 spiro atoms. The van der Waals surface area contributed by atoms with Crippen molar-refractivity contribution in [3.05, 3.63) is 41.1 Å². The molecule has 2 aromatic rings. The van der Waals surface area contributed by atoms with Gasteiger partial charge in [0.1, 0.15) is 5.75 Å². The third-order valence-electron chi connectivity index (χ3n) is 2.49. The number of anilines is 1. The molecule has 2 N–H and O–H groups in total. The van der Waals surface area contributed by atoms with Crippen LogP contribution in [0.2, 0.25) is 0 Å². The molecule has 6 nitrogen and oxygen atoms in total. The number of ether oxygens (including phenoxy) is 1. The molecule has 0 radical (unpaired) electrons. The highest BCUT2D eigenvalue weighted by Crippen LogP contribution is 2.20. The Bertz CT molecular complexity index is 693. The summed E-state index contributed by atoms with van der Waals surface area (Å²) in [6, 6.07) is 7.47. The smallest absolute Gasteiger partial charge is 0.306 e. The van der Waals surface area contributed by atoms with Gasteiger partial charge in [0.2, 0.25) is 0 Å². The molecule has 1 aromatic heterocycles. The van der Waals surface area contributed by atoms with Crippen LogP contribution in [0, 0.1) is 0 Å². The number of carboxylic acid groups (broad SMARTS) is 1. The van der Waals surface area contributed by atoms with Crippen LogP contribution < -0.4 is 9.46 Å². The molecular weight excluding hydrogens is 314 g/mol. The predicted octanol–water partition coefficient (Wildman–Crippen LogP) is 2.40. The molecule has 0 atom stereocenters. The Morgan fingerprint density at radius 1 is 1.24 bits per heavy atom. The first-order valence-electron chi connectivity index (χ1n) is 5.97. The lowest BCUT2D eigenvalue weighted by Gasteiger charge is -2.08. The van der Waals surface area contributed by atoms with E-state index in [1.807, 2.05) is 0 Å². The average molecular weight is 327 g/mol. The Labute approximate surface area is 126 Å². The lowest BCUT2D eigenvalue weighted by molar-refractivity contribution is -0.137. The Morgan fingerprint density at radius 2 is 1.95 bits per heavy atom. The minimum absolute atomic E-state index is 0.0363. The van der Waals surface area contributed by atoms with Crippen molar-refractivity contribution in [2.45, 2.75) is 11.3 Å². The molecule has 0 aliphatic heterocycles. The second-order valence-corrected chi connectivity index (χ2v) is 6.54. The Balaban J connectivity index is 2.02. The van der Waals surface area contributed by atoms with Gasteiger partial charge in [-0.25, -0.2) is 8.42 Å². The minimum Gasteiger partial charge on any atom is -0.493 e. The summed E-state index contributed by atoms with van der Waals surface area (Å²) in [6.45, 7) is 0.0363. The zero-order valence-corrected chi connectivity index (χ0v) is 12.5. The highest BCUT2D eigenvalue weighted by atomic mass is 32.2. The topological polar surface area (TPSA) is 92.7 Å². The van der Waals surface area contributed by atoms with Gasteiger partial charge in [-0.1, -0.05) is 0 Å². The highest BCUT2D eigenvalue weighted by molar-refractivity contribution is 7.92. The lowest BCUT2D eigenvalue weighted by atomic mass is 10.3. The van der Waals surface area contributed by atoms with E-state index in [0.29, 0.717) is 11.4 Å². The summed E-state index contributed by atoms with van der Waals surface area (Å²) in [6.07, 6.45) is -0.111. The van der Waals surface area contributed by atoms with E-state index < -0.39 is 16.0 Å². The van der Waals surface area contributed by atoms with E-state index in [-0.39, 0.29) is 17.9 Å². The maximum absolute atomic E-state index is 12.1. The van der Waals surface area contributed by atoms with E-state index in [2.05, 4.69) is 4.72 Å². The average Bonchev–Trinajstić information content (AvgIpc) is 2.91. The van der Waals surface area contributed by atoms with Gasteiger partial charge >= 0.3 is 5.97 Å². The molecular formula is C13H13NO5S2. The van der Waals surface area contributed by atoms with Crippen LogP contribution in [-0.2, 0) is 14.8 Å². The fraction of sp³-hybridized carbons (Fsp3) is 0.154. The van der Waals surface area contributed by atoms with E-state index in [1.165, 1.54) is 35.6 Å². The largest absolute Gasteiger partial charge is 0.493 e. The third kappa shape index (κ3) is 4.47. The predicted molar refractivity (Wildman–Crippen MR) is 79.3 cm³/mol.